The minimum atomic E-state index is -0.309. The molecular weight excluding hydrogens is 306 g/mol. The Kier molecular flexibility index (Phi) is 4.55. The van der Waals surface area contributed by atoms with Crippen LogP contribution < -0.4 is 14.4 Å². The van der Waals surface area contributed by atoms with E-state index in [-0.39, 0.29) is 17.7 Å². The van der Waals surface area contributed by atoms with Gasteiger partial charge in [0.25, 0.3) is 5.69 Å². The Balaban J connectivity index is 1.72. The summed E-state index contributed by atoms with van der Waals surface area (Å²) in [7, 11) is 1.69. The second-order valence-corrected chi connectivity index (χ2v) is 5.84. The number of aromatic nitrogens is 1. The fourth-order valence-electron chi connectivity index (χ4n) is 2.95. The molecule has 0 radical (unpaired) electrons. The first-order chi connectivity index (χ1) is 11.6. The summed E-state index contributed by atoms with van der Waals surface area (Å²) in [5.41, 5.74) is 1.19. The molecule has 0 unspecified atom stereocenters. The number of hydrogen-bond donors (Lipinski definition) is 0. The average molecular weight is 327 g/mol. The first-order valence-electron chi connectivity index (χ1n) is 8.04. The molecule has 0 bridgehead atoms. The number of benzene rings is 1. The third kappa shape index (κ3) is 3.13. The Morgan fingerprint density at radius 2 is 2.08 bits per heavy atom. The summed E-state index contributed by atoms with van der Waals surface area (Å²) in [5.74, 6) is 0.520. The van der Waals surface area contributed by atoms with Crippen LogP contribution >= 0.6 is 0 Å². The van der Waals surface area contributed by atoms with Gasteiger partial charge in [0.05, 0.1) is 18.8 Å². The highest BCUT2D eigenvalue weighted by atomic mass is 16.5. The molecule has 0 aliphatic carbocycles. The smallest absolute Gasteiger partial charge is 0.319 e. The molecule has 0 spiro atoms. The maximum atomic E-state index is 12.5. The number of carbonyl (C=O) groups excluding carboxylic acids is 1. The zero-order valence-electron chi connectivity index (χ0n) is 13.9. The second kappa shape index (κ2) is 6.78. The first-order valence-corrected chi connectivity index (χ1v) is 8.04. The van der Waals surface area contributed by atoms with Gasteiger partial charge in [0.1, 0.15) is 11.9 Å². The van der Waals surface area contributed by atoms with Gasteiger partial charge in [0.2, 0.25) is 0 Å². The first kappa shape index (κ1) is 16.1. The molecule has 2 aromatic rings. The molecule has 1 aliphatic rings. The number of carbonyl (C=O) groups is 1. The van der Waals surface area contributed by atoms with Gasteiger partial charge in [-0.25, -0.2) is 0 Å². The molecule has 24 heavy (non-hydrogen) atoms. The summed E-state index contributed by atoms with van der Waals surface area (Å²) in [5, 5.41) is 11.7. The fourth-order valence-corrected chi connectivity index (χ4v) is 2.95. The van der Waals surface area contributed by atoms with E-state index < -0.39 is 0 Å². The van der Waals surface area contributed by atoms with Gasteiger partial charge in [-0.15, -0.1) is 0 Å². The van der Waals surface area contributed by atoms with E-state index in [2.05, 4.69) is 11.8 Å². The topological polar surface area (TPSA) is 59.7 Å². The molecule has 3 rings (SSSR count). The molecular formula is C18H21N3O3. The van der Waals surface area contributed by atoms with E-state index in [1.807, 2.05) is 24.3 Å². The minimum Gasteiger partial charge on any atom is -0.618 e. The fraction of sp³-hybridized carbons (Fsp3) is 0.333. The number of anilines is 1. The number of fused-ring (bicyclic) bond motifs is 1. The van der Waals surface area contributed by atoms with Crippen LogP contribution in [0, 0.1) is 5.21 Å². The number of likely N-dealkylation sites (N-methyl/N-ethyl adjacent to an activating group) is 2. The van der Waals surface area contributed by atoms with Gasteiger partial charge in [-0.05, 0) is 25.1 Å². The lowest BCUT2D eigenvalue weighted by atomic mass is 10.1. The Morgan fingerprint density at radius 3 is 2.83 bits per heavy atom. The van der Waals surface area contributed by atoms with Crippen LogP contribution in [-0.4, -0.2) is 43.6 Å². The lowest BCUT2D eigenvalue weighted by Gasteiger charge is -2.37. The standard InChI is InChI=1S/C18H21N3O3/c1-3-20-13-14(24-17-10-5-4-8-15(17)20)12-19(2)18(22)16-9-6-7-11-21(16)23/h4-11,14H,3,12-13H2,1-2H3/t14-/m0/s1. The third-order valence-electron chi connectivity index (χ3n) is 4.17. The predicted octanol–water partition coefficient (Wildman–Crippen LogP) is 1.68. The Labute approximate surface area is 141 Å². The molecule has 6 heteroatoms. The van der Waals surface area contributed by atoms with Gasteiger partial charge >= 0.3 is 5.91 Å². The average Bonchev–Trinajstić information content (AvgIpc) is 2.60. The molecule has 0 N–H and O–H groups in total. The molecule has 6 nitrogen and oxygen atoms in total. The third-order valence-corrected chi connectivity index (χ3v) is 4.17. The van der Waals surface area contributed by atoms with Gasteiger partial charge in [-0.1, -0.05) is 12.1 Å². The monoisotopic (exact) mass is 327 g/mol. The quantitative estimate of drug-likeness (QED) is 0.633. The summed E-state index contributed by atoms with van der Waals surface area (Å²) in [4.78, 5) is 16.2. The van der Waals surface area contributed by atoms with Crippen molar-refractivity contribution < 1.29 is 14.3 Å². The van der Waals surface area contributed by atoms with E-state index in [1.165, 1.54) is 17.2 Å². The van der Waals surface area contributed by atoms with Crippen LogP contribution in [-0.2, 0) is 0 Å². The highest BCUT2D eigenvalue weighted by Crippen LogP contribution is 2.32. The van der Waals surface area contributed by atoms with Gasteiger partial charge in [-0.3, -0.25) is 4.79 Å². The van der Waals surface area contributed by atoms with Crippen LogP contribution in [0.5, 0.6) is 5.75 Å². The van der Waals surface area contributed by atoms with E-state index in [1.54, 1.807) is 19.2 Å². The maximum Gasteiger partial charge on any atom is 0.319 e. The summed E-state index contributed by atoms with van der Waals surface area (Å²) in [6.07, 6.45) is 1.19. The van der Waals surface area contributed by atoms with E-state index in [4.69, 9.17) is 4.74 Å². The molecule has 0 saturated carbocycles. The number of amides is 1. The number of rotatable bonds is 4. The van der Waals surface area contributed by atoms with Crippen molar-refractivity contribution in [3.8, 4) is 5.75 Å². The molecule has 0 saturated heterocycles. The lowest BCUT2D eigenvalue weighted by Crippen LogP contribution is -2.48. The molecule has 1 aromatic carbocycles. The number of ether oxygens (including phenoxy) is 1. The van der Waals surface area contributed by atoms with Crippen molar-refractivity contribution >= 4 is 11.6 Å². The van der Waals surface area contributed by atoms with E-state index >= 15 is 0 Å². The van der Waals surface area contributed by atoms with Crippen molar-refractivity contribution in [2.24, 2.45) is 0 Å². The number of para-hydroxylation sites is 2. The van der Waals surface area contributed by atoms with Crippen LogP contribution in [0.15, 0.2) is 48.7 Å². The van der Waals surface area contributed by atoms with Crippen molar-refractivity contribution in [2.75, 3.05) is 31.6 Å². The van der Waals surface area contributed by atoms with E-state index in [0.29, 0.717) is 17.8 Å². The van der Waals surface area contributed by atoms with Crippen LogP contribution in [0.3, 0.4) is 0 Å². The van der Waals surface area contributed by atoms with E-state index in [9.17, 15) is 10.0 Å². The Hall–Kier alpha value is -2.76. The summed E-state index contributed by atoms with van der Waals surface area (Å²) in [6, 6.07) is 12.7. The number of nitrogens with zero attached hydrogens (tertiary/aromatic N) is 3. The van der Waals surface area contributed by atoms with Crippen molar-refractivity contribution in [2.45, 2.75) is 13.0 Å². The highest BCUT2D eigenvalue weighted by molar-refractivity contribution is 5.90. The van der Waals surface area contributed by atoms with Gasteiger partial charge < -0.3 is 19.7 Å². The van der Waals surface area contributed by atoms with Crippen LogP contribution in [0.4, 0.5) is 5.69 Å². The van der Waals surface area contributed by atoms with Crippen LogP contribution in [0.1, 0.15) is 17.4 Å². The molecule has 1 aromatic heterocycles. The Morgan fingerprint density at radius 1 is 1.33 bits per heavy atom. The maximum absolute atomic E-state index is 12.5. The van der Waals surface area contributed by atoms with Crippen molar-refractivity contribution in [1.82, 2.24) is 4.90 Å². The van der Waals surface area contributed by atoms with Crippen molar-refractivity contribution in [3.63, 3.8) is 0 Å². The van der Waals surface area contributed by atoms with Gasteiger partial charge in [-0.2, -0.15) is 4.73 Å². The number of pyridine rings is 1. The van der Waals surface area contributed by atoms with Gasteiger partial charge in [0, 0.05) is 25.7 Å². The zero-order valence-corrected chi connectivity index (χ0v) is 13.9. The van der Waals surface area contributed by atoms with Crippen molar-refractivity contribution in [1.29, 1.82) is 0 Å². The minimum absolute atomic E-state index is 0.114. The second-order valence-electron chi connectivity index (χ2n) is 5.84. The molecule has 2 heterocycles. The normalized spacial score (nSPS) is 16.2. The van der Waals surface area contributed by atoms with Crippen LogP contribution in [0.2, 0.25) is 0 Å². The van der Waals surface area contributed by atoms with Gasteiger partial charge in [0.15, 0.2) is 6.20 Å². The SMILES string of the molecule is CCN1C[C@H](CN(C)C(=O)c2cccc[n+]2[O-])Oc2ccccc21. The Bertz CT molecular complexity index is 735. The molecule has 0 fully saturated rings. The highest BCUT2D eigenvalue weighted by Gasteiger charge is 2.28. The largest absolute Gasteiger partial charge is 0.618 e. The summed E-state index contributed by atoms with van der Waals surface area (Å²) in [6.45, 7) is 4.09. The molecule has 1 amide bonds. The molecule has 1 aliphatic heterocycles. The van der Waals surface area contributed by atoms with E-state index in [0.717, 1.165) is 18.0 Å². The zero-order chi connectivity index (χ0) is 17.1. The van der Waals surface area contributed by atoms with Crippen molar-refractivity contribution in [3.05, 3.63) is 59.6 Å². The summed E-state index contributed by atoms with van der Waals surface area (Å²) >= 11 is 0. The number of hydrogen-bond acceptors (Lipinski definition) is 4. The predicted molar refractivity (Wildman–Crippen MR) is 91.1 cm³/mol. The molecule has 1 atom stereocenters. The summed E-state index contributed by atoms with van der Waals surface area (Å²) < 4.78 is 6.62. The van der Waals surface area contributed by atoms with Crippen LogP contribution in [0.25, 0.3) is 0 Å². The molecule has 126 valence electrons. The lowest BCUT2D eigenvalue weighted by molar-refractivity contribution is -0.608.